The molecule has 2 aliphatic heterocycles. The lowest BCUT2D eigenvalue weighted by Crippen LogP contribution is -2.18. The molecule has 3 aromatic heterocycles. The predicted octanol–water partition coefficient (Wildman–Crippen LogP) is 19.9. The van der Waals surface area contributed by atoms with Gasteiger partial charge in [-0.15, -0.1) is 0 Å². The molecule has 0 radical (unpaired) electrons. The fourth-order valence-corrected chi connectivity index (χ4v) is 12.0. The smallest absolute Gasteiger partial charge is 0.354 e. The van der Waals surface area contributed by atoms with Gasteiger partial charge in [0.05, 0.1) is 36.0 Å². The third-order valence-corrected chi connectivity index (χ3v) is 17.4. The SMILES string of the molecule is CCCCOP(=O)(OCCCC)c1c2nc(c(-c3cc(C(C)(C)C)cc(C(C)(C)C)c3)c3ccc([nH]3)c(-c3cc(C(C)(C)C)cc(C(C)(C)C)c3)c3ccc([nH]3)c(-c3cc(C(C)(C)C)cc(C(C)(C)C)c3)c3nc1C=C3)C=C2. The minimum absolute atomic E-state index is 0.117. The Bertz CT molecular complexity index is 3240. The molecule has 414 valence electrons. The summed E-state index contributed by atoms with van der Waals surface area (Å²) >= 11 is 0. The van der Waals surface area contributed by atoms with Crippen LogP contribution in [-0.2, 0) is 46.1 Å². The average Bonchev–Trinajstić information content (AvgIpc) is 4.28. The van der Waals surface area contributed by atoms with Crippen molar-refractivity contribution in [3.63, 3.8) is 0 Å². The van der Waals surface area contributed by atoms with Crippen LogP contribution < -0.4 is 5.30 Å². The highest BCUT2D eigenvalue weighted by Crippen LogP contribution is 2.51. The summed E-state index contributed by atoms with van der Waals surface area (Å²) in [6.07, 6.45) is 11.3. The van der Waals surface area contributed by atoms with Gasteiger partial charge in [0.2, 0.25) is 0 Å². The molecule has 2 aliphatic rings. The van der Waals surface area contributed by atoms with E-state index in [1.165, 1.54) is 33.4 Å². The van der Waals surface area contributed by atoms with Crippen LogP contribution >= 0.6 is 7.60 Å². The molecule has 0 unspecified atom stereocenters. The van der Waals surface area contributed by atoms with Crippen LogP contribution in [0.3, 0.4) is 0 Å². The van der Waals surface area contributed by atoms with Gasteiger partial charge in [-0.2, -0.15) is 0 Å². The van der Waals surface area contributed by atoms with Crippen molar-refractivity contribution >= 4 is 59.3 Å². The van der Waals surface area contributed by atoms with E-state index in [0.29, 0.717) is 16.7 Å². The molecule has 2 N–H and O–H groups in total. The van der Waals surface area contributed by atoms with E-state index in [1.54, 1.807) is 0 Å². The van der Waals surface area contributed by atoms with Gasteiger partial charge < -0.3 is 19.0 Å². The summed E-state index contributed by atoms with van der Waals surface area (Å²) in [4.78, 5) is 19.3. The number of aromatic amines is 2. The van der Waals surface area contributed by atoms with Crippen molar-refractivity contribution in [2.45, 2.75) is 197 Å². The van der Waals surface area contributed by atoms with E-state index in [0.717, 1.165) is 92.5 Å². The highest BCUT2D eigenvalue weighted by molar-refractivity contribution is 7.62. The molecular formula is C70H91N4O3P. The lowest BCUT2D eigenvalue weighted by atomic mass is 9.78. The Morgan fingerprint density at radius 3 is 0.910 bits per heavy atom. The van der Waals surface area contributed by atoms with Crippen molar-refractivity contribution in [2.24, 2.45) is 0 Å². The van der Waals surface area contributed by atoms with E-state index in [9.17, 15) is 0 Å². The van der Waals surface area contributed by atoms with Crippen molar-refractivity contribution in [3.05, 3.63) is 135 Å². The number of unbranched alkanes of at least 4 members (excludes halogenated alkanes) is 2. The Morgan fingerprint density at radius 1 is 0.385 bits per heavy atom. The number of hydrogen-bond donors (Lipinski definition) is 2. The monoisotopic (exact) mass is 1070 g/mol. The van der Waals surface area contributed by atoms with Gasteiger partial charge in [-0.25, -0.2) is 9.97 Å². The standard InChI is InChI=1S/C70H91N4O3P/c1-21-23-33-76-78(75,77-34-24-22-2)64-59-31-29-57(73-59)62(45-37-49(67(9,10)11)42-50(38-45)68(12,13)14)55-27-25-53(71-55)61(44-35-47(65(3,4)5)41-48(36-44)66(6,7)8)54-26-28-56(72-54)63(58-30-32-60(64)74-58)46-39-51(69(15,16)17)43-52(40-46)70(18,19)20/h25-32,35-43,71-72H,21-24,33-34H2,1-20H3. The van der Waals surface area contributed by atoms with Crippen LogP contribution in [0.4, 0.5) is 0 Å². The molecule has 7 nitrogen and oxygen atoms in total. The lowest BCUT2D eigenvalue weighted by Gasteiger charge is -2.26. The van der Waals surface area contributed by atoms with Gasteiger partial charge >= 0.3 is 7.60 Å². The molecule has 0 atom stereocenters. The molecule has 0 fully saturated rings. The van der Waals surface area contributed by atoms with Crippen LogP contribution in [0.5, 0.6) is 0 Å². The van der Waals surface area contributed by atoms with Gasteiger partial charge in [0.25, 0.3) is 0 Å². The first-order valence-electron chi connectivity index (χ1n) is 28.7. The van der Waals surface area contributed by atoms with Gasteiger partial charge in [-0.05, 0) is 144 Å². The zero-order valence-corrected chi connectivity index (χ0v) is 52.0. The Labute approximate surface area is 468 Å². The quantitative estimate of drug-likeness (QED) is 0.0939. The first-order chi connectivity index (χ1) is 36.2. The number of hydrogen-bond acceptors (Lipinski definition) is 5. The van der Waals surface area contributed by atoms with E-state index < -0.39 is 7.60 Å². The first-order valence-corrected chi connectivity index (χ1v) is 30.3. The summed E-state index contributed by atoms with van der Waals surface area (Å²) < 4.78 is 29.2. The van der Waals surface area contributed by atoms with Crippen molar-refractivity contribution in [1.29, 1.82) is 0 Å². The highest BCUT2D eigenvalue weighted by Gasteiger charge is 2.36. The molecule has 8 rings (SSSR count). The average molecular weight is 1070 g/mol. The Morgan fingerprint density at radius 2 is 0.641 bits per heavy atom. The van der Waals surface area contributed by atoms with Gasteiger partial charge in [-0.1, -0.05) is 206 Å². The summed E-state index contributed by atoms with van der Waals surface area (Å²) in [6, 6.07) is 30.1. The topological polar surface area (TPSA) is 92.9 Å². The zero-order valence-electron chi connectivity index (χ0n) is 51.1. The van der Waals surface area contributed by atoms with Crippen molar-refractivity contribution in [3.8, 4) is 33.4 Å². The molecule has 6 aromatic rings. The van der Waals surface area contributed by atoms with Crippen molar-refractivity contribution < 1.29 is 13.6 Å². The fraction of sp³-hybridized carbons (Fsp3) is 0.457. The summed E-state index contributed by atoms with van der Waals surface area (Å²) in [5, 5.41) is 0.374. The molecule has 0 spiro atoms. The molecular weight excluding hydrogens is 976 g/mol. The fourth-order valence-electron chi connectivity index (χ4n) is 10.1. The van der Waals surface area contributed by atoms with E-state index >= 15 is 4.57 Å². The molecule has 0 aliphatic carbocycles. The summed E-state index contributed by atoms with van der Waals surface area (Å²) in [5.41, 5.74) is 19.1. The second-order valence-electron chi connectivity index (χ2n) is 28.2. The summed E-state index contributed by atoms with van der Waals surface area (Å²) in [7, 11) is -4.07. The minimum Gasteiger partial charge on any atom is -0.354 e. The molecule has 0 saturated heterocycles. The van der Waals surface area contributed by atoms with Crippen molar-refractivity contribution in [1.82, 2.24) is 19.9 Å². The summed E-state index contributed by atoms with van der Waals surface area (Å²) in [5.74, 6) is 0. The maximum atomic E-state index is 16.0. The second-order valence-corrected chi connectivity index (χ2v) is 30.2. The van der Waals surface area contributed by atoms with Gasteiger partial charge in [-0.3, -0.25) is 4.57 Å². The number of H-pyrrole nitrogens is 2. The second kappa shape index (κ2) is 21.5. The van der Waals surface area contributed by atoms with Crippen LogP contribution in [0.15, 0.2) is 78.9 Å². The van der Waals surface area contributed by atoms with Gasteiger partial charge in [0.15, 0.2) is 0 Å². The number of fused-ring (bicyclic) bond motifs is 8. The third kappa shape index (κ3) is 12.5. The van der Waals surface area contributed by atoms with E-state index in [1.807, 2.05) is 12.2 Å². The Hall–Kier alpha value is -5.59. The largest absolute Gasteiger partial charge is 0.365 e. The maximum Gasteiger partial charge on any atom is 0.365 e. The highest BCUT2D eigenvalue weighted by atomic mass is 31.2. The maximum absolute atomic E-state index is 16.0. The number of aromatic nitrogens is 4. The number of nitrogens with one attached hydrogen (secondary N) is 2. The van der Waals surface area contributed by atoms with Crippen LogP contribution in [0.25, 0.3) is 79.8 Å². The minimum atomic E-state index is -4.07. The van der Waals surface area contributed by atoms with Crippen LogP contribution in [0.1, 0.15) is 220 Å². The summed E-state index contributed by atoms with van der Waals surface area (Å²) in [6.45, 7) is 45.9. The normalized spacial score (nSPS) is 13.7. The van der Waals surface area contributed by atoms with E-state index in [4.69, 9.17) is 19.0 Å². The molecule has 3 aromatic carbocycles. The van der Waals surface area contributed by atoms with Crippen LogP contribution in [0, 0.1) is 0 Å². The zero-order chi connectivity index (χ0) is 57.1. The first kappa shape index (κ1) is 58.6. The third-order valence-electron chi connectivity index (χ3n) is 15.4. The van der Waals surface area contributed by atoms with Crippen molar-refractivity contribution in [2.75, 3.05) is 13.2 Å². The lowest BCUT2D eigenvalue weighted by molar-refractivity contribution is 0.208. The molecule has 0 amide bonds. The molecule has 5 heterocycles. The molecule has 8 bridgehead atoms. The predicted molar refractivity (Wildman–Crippen MR) is 336 cm³/mol. The number of benzene rings is 3. The van der Waals surface area contributed by atoms with Crippen LogP contribution in [0.2, 0.25) is 0 Å². The van der Waals surface area contributed by atoms with Gasteiger partial charge in [0, 0.05) is 38.8 Å². The Kier molecular flexibility index (Phi) is 16.1. The number of rotatable bonds is 12. The molecule has 8 heteroatoms. The van der Waals surface area contributed by atoms with E-state index in [-0.39, 0.29) is 45.7 Å². The van der Waals surface area contributed by atoms with Crippen LogP contribution in [-0.4, -0.2) is 33.1 Å². The molecule has 0 saturated carbocycles. The van der Waals surface area contributed by atoms with Gasteiger partial charge in [0.1, 0.15) is 5.30 Å². The number of nitrogens with zero attached hydrogens (tertiary/aromatic N) is 2. The molecule has 78 heavy (non-hydrogen) atoms. The van der Waals surface area contributed by atoms with E-state index in [2.05, 4.69) is 239 Å². The Balaban J connectivity index is 1.65.